The van der Waals surface area contributed by atoms with E-state index in [1.165, 1.54) is 10.8 Å². The highest BCUT2D eigenvalue weighted by Gasteiger charge is 2.14. The molecule has 0 saturated heterocycles. The lowest BCUT2D eigenvalue weighted by atomic mass is 10.1. The molecule has 0 bridgehead atoms. The van der Waals surface area contributed by atoms with Gasteiger partial charge in [-0.15, -0.1) is 0 Å². The molecule has 152 valence electrons. The highest BCUT2D eigenvalue weighted by Crippen LogP contribution is 2.35. The lowest BCUT2D eigenvalue weighted by Crippen LogP contribution is -1.95. The average Bonchev–Trinajstić information content (AvgIpc) is 3.19. The number of fused-ring (bicyclic) bond motifs is 3. The molecule has 32 heavy (non-hydrogen) atoms. The Kier molecular flexibility index (Phi) is 4.40. The molecule has 0 aliphatic carbocycles. The first-order valence-electron chi connectivity index (χ1n) is 10.5. The lowest BCUT2D eigenvalue weighted by molar-refractivity contribution is 0.463. The van der Waals surface area contributed by atoms with Gasteiger partial charge in [0.1, 0.15) is 5.75 Å². The van der Waals surface area contributed by atoms with Crippen LogP contribution >= 0.6 is 0 Å². The van der Waals surface area contributed by atoms with Crippen LogP contribution in [0.3, 0.4) is 0 Å². The maximum absolute atomic E-state index is 6.00. The first-order valence-corrected chi connectivity index (χ1v) is 10.5. The maximum Gasteiger partial charge on any atom is 0.219 e. The number of hydrogen-bond donors (Lipinski definition) is 0. The van der Waals surface area contributed by atoms with Gasteiger partial charge in [0.2, 0.25) is 5.88 Å². The molecule has 0 atom stereocenters. The zero-order chi connectivity index (χ0) is 21.3. The number of nitrogens with zero attached hydrogens (tertiary/aromatic N) is 3. The first-order chi connectivity index (χ1) is 15.9. The van der Waals surface area contributed by atoms with Crippen LogP contribution in [0.15, 0.2) is 116 Å². The van der Waals surface area contributed by atoms with E-state index in [4.69, 9.17) is 4.74 Å². The number of para-hydroxylation sites is 1. The second kappa shape index (κ2) is 7.67. The summed E-state index contributed by atoms with van der Waals surface area (Å²) in [4.78, 5) is 8.81. The highest BCUT2D eigenvalue weighted by atomic mass is 16.5. The molecular formula is C28H19N3O. The molecule has 0 aliphatic heterocycles. The summed E-state index contributed by atoms with van der Waals surface area (Å²) in [6, 6.07) is 34.8. The predicted octanol–water partition coefficient (Wildman–Crippen LogP) is 7.03. The monoisotopic (exact) mass is 413 g/mol. The van der Waals surface area contributed by atoms with Crippen molar-refractivity contribution in [3.8, 4) is 28.6 Å². The fourth-order valence-electron chi connectivity index (χ4n) is 4.16. The van der Waals surface area contributed by atoms with Crippen molar-refractivity contribution in [3.05, 3.63) is 116 Å². The zero-order valence-corrected chi connectivity index (χ0v) is 17.2. The van der Waals surface area contributed by atoms with E-state index in [1.807, 2.05) is 60.8 Å². The molecule has 0 N–H and O–H groups in total. The maximum atomic E-state index is 6.00. The molecule has 0 unspecified atom stereocenters. The second-order valence-electron chi connectivity index (χ2n) is 7.57. The fourth-order valence-corrected chi connectivity index (χ4v) is 4.16. The molecule has 4 nitrogen and oxygen atoms in total. The van der Waals surface area contributed by atoms with Crippen molar-refractivity contribution in [1.82, 2.24) is 14.5 Å². The van der Waals surface area contributed by atoms with Gasteiger partial charge in [0.15, 0.2) is 0 Å². The molecule has 6 aromatic rings. The van der Waals surface area contributed by atoms with Crippen LogP contribution in [0.25, 0.3) is 38.8 Å². The van der Waals surface area contributed by atoms with Crippen LogP contribution in [-0.4, -0.2) is 14.5 Å². The third-order valence-electron chi connectivity index (χ3n) is 5.57. The summed E-state index contributed by atoms with van der Waals surface area (Å²) >= 11 is 0. The average molecular weight is 413 g/mol. The number of benzene rings is 3. The van der Waals surface area contributed by atoms with E-state index in [1.54, 1.807) is 6.20 Å². The van der Waals surface area contributed by atoms with Crippen LogP contribution in [-0.2, 0) is 0 Å². The van der Waals surface area contributed by atoms with Gasteiger partial charge in [0.25, 0.3) is 0 Å². The van der Waals surface area contributed by atoms with Crippen molar-refractivity contribution in [2.24, 2.45) is 0 Å². The summed E-state index contributed by atoms with van der Waals surface area (Å²) in [6.07, 6.45) is 3.55. The Balaban J connectivity index is 1.55. The third kappa shape index (κ3) is 3.19. The Hall–Kier alpha value is -4.44. The summed E-state index contributed by atoms with van der Waals surface area (Å²) in [5, 5.41) is 2.42. The molecule has 6 rings (SSSR count). The topological polar surface area (TPSA) is 39.9 Å². The number of ether oxygens (including phenoxy) is 1. The Morgan fingerprint density at radius 2 is 1.41 bits per heavy atom. The van der Waals surface area contributed by atoms with Crippen LogP contribution in [0, 0.1) is 0 Å². The van der Waals surface area contributed by atoms with Gasteiger partial charge in [0, 0.05) is 46.5 Å². The highest BCUT2D eigenvalue weighted by molar-refractivity contribution is 6.10. The summed E-state index contributed by atoms with van der Waals surface area (Å²) in [6.45, 7) is 0. The lowest BCUT2D eigenvalue weighted by Gasteiger charge is -2.11. The van der Waals surface area contributed by atoms with E-state index in [0.717, 1.165) is 33.7 Å². The summed E-state index contributed by atoms with van der Waals surface area (Å²) in [5.74, 6) is 1.32. The SMILES string of the molecule is c1ccc(Oc2cccc(-n3c4ccccc4c4ccc(-c5ccccn5)cc43)c2)nc1. The number of rotatable bonds is 4. The minimum atomic E-state index is 0.573. The molecule has 3 aromatic heterocycles. The molecule has 0 aliphatic rings. The smallest absolute Gasteiger partial charge is 0.219 e. The Morgan fingerprint density at radius 1 is 0.594 bits per heavy atom. The molecular weight excluding hydrogens is 394 g/mol. The van der Waals surface area contributed by atoms with Crippen molar-refractivity contribution in [2.75, 3.05) is 0 Å². The quantitative estimate of drug-likeness (QED) is 0.311. The van der Waals surface area contributed by atoms with Crippen molar-refractivity contribution in [3.63, 3.8) is 0 Å². The van der Waals surface area contributed by atoms with Crippen LogP contribution in [0.2, 0.25) is 0 Å². The van der Waals surface area contributed by atoms with E-state index >= 15 is 0 Å². The van der Waals surface area contributed by atoms with Crippen LogP contribution in [0.1, 0.15) is 0 Å². The standard InChI is InChI=1S/C28H19N3O/c1-2-12-26-23(10-1)24-15-14-20(25-11-3-5-16-29-25)18-27(24)31(26)21-8-7-9-22(19-21)32-28-13-4-6-17-30-28/h1-19H. The van der Waals surface area contributed by atoms with Gasteiger partial charge >= 0.3 is 0 Å². The predicted molar refractivity (Wildman–Crippen MR) is 128 cm³/mol. The van der Waals surface area contributed by atoms with Gasteiger partial charge in [-0.25, -0.2) is 4.98 Å². The van der Waals surface area contributed by atoms with Crippen LogP contribution in [0.4, 0.5) is 0 Å². The fraction of sp³-hybridized carbons (Fsp3) is 0. The molecule has 3 heterocycles. The first kappa shape index (κ1) is 18.3. The third-order valence-corrected chi connectivity index (χ3v) is 5.57. The van der Waals surface area contributed by atoms with Gasteiger partial charge in [-0.1, -0.05) is 48.5 Å². The van der Waals surface area contributed by atoms with Crippen molar-refractivity contribution in [2.45, 2.75) is 0 Å². The Bertz CT molecular complexity index is 1540. The van der Waals surface area contributed by atoms with E-state index in [0.29, 0.717) is 5.88 Å². The van der Waals surface area contributed by atoms with E-state index in [-0.39, 0.29) is 0 Å². The van der Waals surface area contributed by atoms with Crippen molar-refractivity contribution >= 4 is 21.8 Å². The molecule has 3 aromatic carbocycles. The van der Waals surface area contributed by atoms with Gasteiger partial charge in [-0.2, -0.15) is 0 Å². The molecule has 0 spiro atoms. The molecule has 0 radical (unpaired) electrons. The van der Waals surface area contributed by atoms with Gasteiger partial charge in [-0.3, -0.25) is 4.98 Å². The minimum absolute atomic E-state index is 0.573. The second-order valence-corrected chi connectivity index (χ2v) is 7.57. The molecule has 0 amide bonds. The van der Waals surface area contributed by atoms with E-state index in [9.17, 15) is 0 Å². The Morgan fingerprint density at radius 3 is 2.25 bits per heavy atom. The normalized spacial score (nSPS) is 11.1. The van der Waals surface area contributed by atoms with Crippen molar-refractivity contribution < 1.29 is 4.74 Å². The molecule has 4 heteroatoms. The number of aromatic nitrogens is 3. The number of hydrogen-bond acceptors (Lipinski definition) is 3. The number of pyridine rings is 2. The van der Waals surface area contributed by atoms with Crippen LogP contribution in [0.5, 0.6) is 11.6 Å². The van der Waals surface area contributed by atoms with Gasteiger partial charge < -0.3 is 9.30 Å². The van der Waals surface area contributed by atoms with Crippen LogP contribution < -0.4 is 4.74 Å². The van der Waals surface area contributed by atoms with Crippen molar-refractivity contribution in [1.29, 1.82) is 0 Å². The van der Waals surface area contributed by atoms with E-state index < -0.39 is 0 Å². The van der Waals surface area contributed by atoms with Gasteiger partial charge in [0.05, 0.1) is 16.7 Å². The summed E-state index contributed by atoms with van der Waals surface area (Å²) in [7, 11) is 0. The molecule has 0 saturated carbocycles. The summed E-state index contributed by atoms with van der Waals surface area (Å²) in [5.41, 5.74) is 5.35. The summed E-state index contributed by atoms with van der Waals surface area (Å²) < 4.78 is 8.28. The largest absolute Gasteiger partial charge is 0.439 e. The zero-order valence-electron chi connectivity index (χ0n) is 17.2. The Labute approximate surface area is 185 Å². The van der Waals surface area contributed by atoms with E-state index in [2.05, 4.69) is 63.1 Å². The minimum Gasteiger partial charge on any atom is -0.439 e. The molecule has 0 fully saturated rings. The van der Waals surface area contributed by atoms with Gasteiger partial charge in [-0.05, 0) is 42.5 Å².